The zero-order valence-electron chi connectivity index (χ0n) is 14.0. The van der Waals surface area contributed by atoms with Crippen molar-refractivity contribution in [3.05, 3.63) is 28.2 Å². The van der Waals surface area contributed by atoms with Crippen LogP contribution in [0.3, 0.4) is 0 Å². The van der Waals surface area contributed by atoms with E-state index in [0.29, 0.717) is 23.1 Å². The molecule has 1 fully saturated rings. The largest absolute Gasteiger partial charge is 0.496 e. The topological polar surface area (TPSA) is 64.1 Å². The lowest BCUT2D eigenvalue weighted by atomic mass is 9.96. The molecule has 0 aliphatic heterocycles. The molecular formula is C17H20BrN3O2S2. The van der Waals surface area contributed by atoms with Gasteiger partial charge in [0, 0.05) is 11.6 Å². The fourth-order valence-corrected chi connectivity index (χ4v) is 5.06. The third-order valence-corrected chi connectivity index (χ3v) is 6.75. The molecule has 2 aromatic rings. The molecule has 8 heteroatoms. The van der Waals surface area contributed by atoms with Crippen LogP contribution in [0.1, 0.15) is 42.5 Å². The van der Waals surface area contributed by atoms with Crippen molar-refractivity contribution in [2.75, 3.05) is 18.2 Å². The summed E-state index contributed by atoms with van der Waals surface area (Å²) in [6.07, 6.45) is 6.30. The summed E-state index contributed by atoms with van der Waals surface area (Å²) < 4.78 is 6.78. The third-order valence-electron chi connectivity index (χ3n) is 4.14. The Morgan fingerprint density at radius 1 is 1.36 bits per heavy atom. The molecule has 0 radical (unpaired) electrons. The Bertz CT molecular complexity index is 732. The monoisotopic (exact) mass is 441 g/mol. The molecule has 3 rings (SSSR count). The van der Waals surface area contributed by atoms with E-state index in [9.17, 15) is 4.79 Å². The Kier molecular flexibility index (Phi) is 6.72. The Morgan fingerprint density at radius 3 is 2.88 bits per heavy atom. The summed E-state index contributed by atoms with van der Waals surface area (Å²) in [6.45, 7) is 0. The molecule has 1 aliphatic rings. The lowest BCUT2D eigenvalue weighted by molar-refractivity contribution is 0.102. The van der Waals surface area contributed by atoms with E-state index in [2.05, 4.69) is 31.4 Å². The second kappa shape index (κ2) is 9.00. The second-order valence-electron chi connectivity index (χ2n) is 5.91. The van der Waals surface area contributed by atoms with E-state index in [4.69, 9.17) is 4.74 Å². The number of carbonyl (C=O) groups is 1. The molecule has 1 heterocycles. The number of anilines is 1. The number of thioether (sulfide) groups is 1. The minimum Gasteiger partial charge on any atom is -0.496 e. The fourth-order valence-electron chi connectivity index (χ4n) is 2.80. The molecule has 0 spiro atoms. The minimum atomic E-state index is 0.0605. The maximum Gasteiger partial charge on any atom is 0.206 e. The van der Waals surface area contributed by atoms with Gasteiger partial charge in [0.25, 0.3) is 0 Å². The van der Waals surface area contributed by atoms with Crippen LogP contribution in [0.15, 0.2) is 27.0 Å². The van der Waals surface area contributed by atoms with Gasteiger partial charge in [-0.15, -0.1) is 10.2 Å². The highest BCUT2D eigenvalue weighted by Gasteiger charge is 2.16. The average molecular weight is 442 g/mol. The van der Waals surface area contributed by atoms with Gasteiger partial charge >= 0.3 is 0 Å². The number of Topliss-reactive ketones (excluding diaryl/α,β-unsaturated/α-hetero) is 1. The highest BCUT2D eigenvalue weighted by molar-refractivity contribution is 9.10. The molecule has 1 aliphatic carbocycles. The van der Waals surface area contributed by atoms with E-state index < -0.39 is 0 Å². The number of nitrogens with zero attached hydrogens (tertiary/aromatic N) is 2. The Balaban J connectivity index is 1.53. The molecule has 0 atom stereocenters. The summed E-state index contributed by atoms with van der Waals surface area (Å²) in [5, 5.41) is 12.7. The number of ketones is 1. The number of halogens is 1. The lowest BCUT2D eigenvalue weighted by Crippen LogP contribution is -2.21. The zero-order chi connectivity index (χ0) is 17.6. The van der Waals surface area contributed by atoms with Crippen molar-refractivity contribution in [1.82, 2.24) is 10.2 Å². The number of rotatable bonds is 7. The van der Waals surface area contributed by atoms with Gasteiger partial charge in [-0.05, 0) is 47.0 Å². The van der Waals surface area contributed by atoms with Crippen LogP contribution in [0.2, 0.25) is 0 Å². The van der Waals surface area contributed by atoms with E-state index in [1.165, 1.54) is 55.2 Å². The number of benzene rings is 1. The molecule has 0 unspecified atom stereocenters. The van der Waals surface area contributed by atoms with Crippen molar-refractivity contribution in [2.24, 2.45) is 0 Å². The van der Waals surface area contributed by atoms with Gasteiger partial charge < -0.3 is 10.1 Å². The van der Waals surface area contributed by atoms with E-state index >= 15 is 0 Å². The molecule has 5 nitrogen and oxygen atoms in total. The molecule has 134 valence electrons. The SMILES string of the molecule is COc1ccc(C(=O)CSc2nnc(NC3CCCCC3)s2)cc1Br. The minimum absolute atomic E-state index is 0.0605. The van der Waals surface area contributed by atoms with Crippen molar-refractivity contribution in [2.45, 2.75) is 42.5 Å². The van der Waals surface area contributed by atoms with Crippen molar-refractivity contribution in [1.29, 1.82) is 0 Å². The first-order valence-corrected chi connectivity index (χ1v) is 10.8. The number of nitrogens with one attached hydrogen (secondary N) is 1. The summed E-state index contributed by atoms with van der Waals surface area (Å²) in [5.74, 6) is 1.12. The van der Waals surface area contributed by atoms with Gasteiger partial charge in [-0.2, -0.15) is 0 Å². The van der Waals surface area contributed by atoms with Gasteiger partial charge in [-0.3, -0.25) is 4.79 Å². The Labute approximate surface area is 164 Å². The number of methoxy groups -OCH3 is 1. The molecule has 1 saturated carbocycles. The van der Waals surface area contributed by atoms with E-state index in [0.717, 1.165) is 13.9 Å². The van der Waals surface area contributed by atoms with Gasteiger partial charge in [0.1, 0.15) is 5.75 Å². The summed E-state index contributed by atoms with van der Waals surface area (Å²) in [6, 6.07) is 5.87. The number of hydrogen-bond donors (Lipinski definition) is 1. The van der Waals surface area contributed by atoms with Crippen LogP contribution >= 0.6 is 39.0 Å². The fraction of sp³-hybridized carbons (Fsp3) is 0.471. The van der Waals surface area contributed by atoms with Crippen LogP contribution in [0, 0.1) is 0 Å². The first-order chi connectivity index (χ1) is 12.2. The standard InChI is InChI=1S/C17H20BrN3O2S2/c1-23-15-8-7-11(9-13(15)18)14(22)10-24-17-21-20-16(25-17)19-12-5-3-2-4-6-12/h7-9,12H,2-6,10H2,1H3,(H,19,20). The normalized spacial score (nSPS) is 15.1. The lowest BCUT2D eigenvalue weighted by Gasteiger charge is -2.21. The molecule has 25 heavy (non-hydrogen) atoms. The first-order valence-electron chi connectivity index (χ1n) is 8.25. The summed E-state index contributed by atoms with van der Waals surface area (Å²) >= 11 is 6.36. The van der Waals surface area contributed by atoms with E-state index in [-0.39, 0.29) is 5.78 Å². The molecule has 0 saturated heterocycles. The molecule has 0 amide bonds. The van der Waals surface area contributed by atoms with Crippen molar-refractivity contribution >= 4 is 49.9 Å². The maximum atomic E-state index is 12.4. The summed E-state index contributed by atoms with van der Waals surface area (Å²) in [5.41, 5.74) is 0.658. The van der Waals surface area contributed by atoms with Crippen molar-refractivity contribution in [3.8, 4) is 5.75 Å². The smallest absolute Gasteiger partial charge is 0.206 e. The third kappa shape index (κ3) is 5.18. The predicted molar refractivity (Wildman–Crippen MR) is 106 cm³/mol. The van der Waals surface area contributed by atoms with Gasteiger partial charge in [-0.1, -0.05) is 42.4 Å². The van der Waals surface area contributed by atoms with Crippen molar-refractivity contribution in [3.63, 3.8) is 0 Å². The first kappa shape index (κ1) is 18.7. The van der Waals surface area contributed by atoms with Crippen molar-refractivity contribution < 1.29 is 9.53 Å². The number of carbonyl (C=O) groups excluding carboxylic acids is 1. The number of aromatic nitrogens is 2. The predicted octanol–water partition coefficient (Wildman–Crippen LogP) is 5.03. The summed E-state index contributed by atoms with van der Waals surface area (Å²) in [4.78, 5) is 12.4. The van der Waals surface area contributed by atoms with Gasteiger partial charge in [0.05, 0.1) is 17.3 Å². The Morgan fingerprint density at radius 2 is 2.16 bits per heavy atom. The van der Waals surface area contributed by atoms with Gasteiger partial charge in [-0.25, -0.2) is 0 Å². The highest BCUT2D eigenvalue weighted by Crippen LogP contribution is 2.30. The molecule has 0 bridgehead atoms. The molecule has 1 aromatic heterocycles. The van der Waals surface area contributed by atoms with Crippen LogP contribution in [0.25, 0.3) is 0 Å². The van der Waals surface area contributed by atoms with E-state index in [1.807, 2.05) is 0 Å². The quantitative estimate of drug-likeness (QED) is 0.480. The van der Waals surface area contributed by atoms with Crippen LogP contribution in [0.5, 0.6) is 5.75 Å². The van der Waals surface area contributed by atoms with Crippen LogP contribution in [-0.2, 0) is 0 Å². The summed E-state index contributed by atoms with van der Waals surface area (Å²) in [7, 11) is 1.60. The molecule has 1 N–H and O–H groups in total. The van der Waals surface area contributed by atoms with Gasteiger partial charge in [0.2, 0.25) is 5.13 Å². The zero-order valence-corrected chi connectivity index (χ0v) is 17.2. The van der Waals surface area contributed by atoms with Crippen LogP contribution in [0.4, 0.5) is 5.13 Å². The van der Waals surface area contributed by atoms with Crippen LogP contribution < -0.4 is 10.1 Å². The van der Waals surface area contributed by atoms with Gasteiger partial charge in [0.15, 0.2) is 10.1 Å². The average Bonchev–Trinajstić information content (AvgIpc) is 3.08. The van der Waals surface area contributed by atoms with E-state index in [1.54, 1.807) is 25.3 Å². The number of ether oxygens (including phenoxy) is 1. The Hall–Kier alpha value is -1.12. The maximum absolute atomic E-state index is 12.4. The molecular weight excluding hydrogens is 422 g/mol. The van der Waals surface area contributed by atoms with Crippen LogP contribution in [-0.4, -0.2) is 34.9 Å². The molecule has 1 aromatic carbocycles. The second-order valence-corrected chi connectivity index (χ2v) is 8.97. The highest BCUT2D eigenvalue weighted by atomic mass is 79.9. The number of hydrogen-bond acceptors (Lipinski definition) is 7.